The summed E-state index contributed by atoms with van der Waals surface area (Å²) in [6.07, 6.45) is -4.42. The van der Waals surface area contributed by atoms with E-state index in [2.05, 4.69) is 10.5 Å². The Hall–Kier alpha value is -2.31. The summed E-state index contributed by atoms with van der Waals surface area (Å²) >= 11 is 0. The van der Waals surface area contributed by atoms with E-state index in [0.717, 1.165) is 12.1 Å². The van der Waals surface area contributed by atoms with Gasteiger partial charge in [-0.25, -0.2) is 0 Å². The van der Waals surface area contributed by atoms with Crippen LogP contribution in [0.3, 0.4) is 0 Å². The minimum atomic E-state index is -4.42. The van der Waals surface area contributed by atoms with Gasteiger partial charge < -0.3 is 9.84 Å². The first-order chi connectivity index (χ1) is 10.2. The second-order valence-corrected chi connectivity index (χ2v) is 5.02. The van der Waals surface area contributed by atoms with Crippen molar-refractivity contribution in [3.63, 3.8) is 0 Å². The molecule has 1 N–H and O–H groups in total. The minimum Gasteiger partial charge on any atom is -0.361 e. The van der Waals surface area contributed by atoms with E-state index >= 15 is 0 Å². The summed E-state index contributed by atoms with van der Waals surface area (Å²) in [5, 5.41) is 6.33. The van der Waals surface area contributed by atoms with Gasteiger partial charge in [0.25, 0.3) is 5.91 Å². The lowest BCUT2D eigenvalue weighted by molar-refractivity contribution is -0.137. The van der Waals surface area contributed by atoms with Crippen molar-refractivity contribution in [2.45, 2.75) is 33.0 Å². The molecular weight excluding hydrogens is 297 g/mol. The molecule has 0 fully saturated rings. The van der Waals surface area contributed by atoms with Crippen LogP contribution in [0.25, 0.3) is 0 Å². The second-order valence-electron chi connectivity index (χ2n) is 5.02. The molecule has 22 heavy (non-hydrogen) atoms. The highest BCUT2D eigenvalue weighted by Gasteiger charge is 2.31. The number of nitrogens with one attached hydrogen (secondary N) is 1. The van der Waals surface area contributed by atoms with Crippen LogP contribution in [0, 0.1) is 13.8 Å². The van der Waals surface area contributed by atoms with E-state index in [0.29, 0.717) is 22.6 Å². The molecule has 0 bridgehead atoms. The number of nitrogens with zero attached hydrogens (tertiary/aromatic N) is 1. The molecule has 118 valence electrons. The molecule has 7 heteroatoms. The maximum atomic E-state index is 12.7. The highest BCUT2D eigenvalue weighted by atomic mass is 19.4. The van der Waals surface area contributed by atoms with Crippen molar-refractivity contribution in [1.82, 2.24) is 10.5 Å². The standard InChI is InChI=1S/C15H15F3N2O2/c1-8(11-5-4-6-12(7-11)15(16,17)18)19-14(21)13-9(2)20-22-10(13)3/h4-8H,1-3H3,(H,19,21). The number of alkyl halides is 3. The predicted molar refractivity (Wildman–Crippen MR) is 73.3 cm³/mol. The van der Waals surface area contributed by atoms with Crippen molar-refractivity contribution in [2.75, 3.05) is 0 Å². The summed E-state index contributed by atoms with van der Waals surface area (Å²) in [6.45, 7) is 4.84. The third-order valence-corrected chi connectivity index (χ3v) is 3.32. The molecule has 1 atom stereocenters. The van der Waals surface area contributed by atoms with Crippen LogP contribution in [-0.4, -0.2) is 11.1 Å². The third-order valence-electron chi connectivity index (χ3n) is 3.32. The fourth-order valence-electron chi connectivity index (χ4n) is 2.14. The molecule has 1 heterocycles. The van der Waals surface area contributed by atoms with Crippen LogP contribution >= 0.6 is 0 Å². The average molecular weight is 312 g/mol. The number of rotatable bonds is 3. The van der Waals surface area contributed by atoms with Crippen LogP contribution in [0.4, 0.5) is 13.2 Å². The van der Waals surface area contributed by atoms with Gasteiger partial charge in [0.2, 0.25) is 0 Å². The first-order valence-corrected chi connectivity index (χ1v) is 6.61. The highest BCUT2D eigenvalue weighted by Crippen LogP contribution is 2.30. The van der Waals surface area contributed by atoms with Crippen LogP contribution in [0.15, 0.2) is 28.8 Å². The van der Waals surface area contributed by atoms with Gasteiger partial charge in [-0.2, -0.15) is 13.2 Å². The van der Waals surface area contributed by atoms with Crippen molar-refractivity contribution in [1.29, 1.82) is 0 Å². The molecule has 0 radical (unpaired) electrons. The number of benzene rings is 1. The van der Waals surface area contributed by atoms with Gasteiger partial charge in [0, 0.05) is 0 Å². The largest absolute Gasteiger partial charge is 0.416 e. The molecule has 0 aliphatic heterocycles. The fourth-order valence-corrected chi connectivity index (χ4v) is 2.14. The van der Waals surface area contributed by atoms with E-state index in [-0.39, 0.29) is 0 Å². The molecule has 2 rings (SSSR count). The lowest BCUT2D eigenvalue weighted by atomic mass is 10.0. The van der Waals surface area contributed by atoms with Gasteiger partial charge in [-0.05, 0) is 38.5 Å². The van der Waals surface area contributed by atoms with Crippen LogP contribution < -0.4 is 5.32 Å². The molecule has 0 aliphatic carbocycles. The first kappa shape index (κ1) is 16.1. The predicted octanol–water partition coefficient (Wildman–Crippen LogP) is 3.80. The zero-order valence-corrected chi connectivity index (χ0v) is 12.3. The second kappa shape index (κ2) is 5.82. The zero-order chi connectivity index (χ0) is 16.5. The number of hydrogen-bond donors (Lipinski definition) is 1. The Morgan fingerprint density at radius 3 is 2.55 bits per heavy atom. The molecule has 2 aromatic rings. The normalized spacial score (nSPS) is 13.0. The quantitative estimate of drug-likeness (QED) is 0.938. The summed E-state index contributed by atoms with van der Waals surface area (Å²) in [6, 6.07) is 4.29. The number of carbonyl (C=O) groups excluding carboxylic acids is 1. The van der Waals surface area contributed by atoms with Gasteiger partial charge >= 0.3 is 6.18 Å². The first-order valence-electron chi connectivity index (χ1n) is 6.61. The van der Waals surface area contributed by atoms with E-state index in [4.69, 9.17) is 4.52 Å². The molecular formula is C15H15F3N2O2. The Morgan fingerprint density at radius 1 is 1.32 bits per heavy atom. The minimum absolute atomic E-state index is 0.304. The third kappa shape index (κ3) is 3.29. The van der Waals surface area contributed by atoms with E-state index in [9.17, 15) is 18.0 Å². The molecule has 4 nitrogen and oxygen atoms in total. The zero-order valence-electron chi connectivity index (χ0n) is 12.3. The fraction of sp³-hybridized carbons (Fsp3) is 0.333. The van der Waals surface area contributed by atoms with Crippen molar-refractivity contribution in [3.8, 4) is 0 Å². The molecule has 0 saturated heterocycles. The van der Waals surface area contributed by atoms with E-state index in [1.165, 1.54) is 12.1 Å². The van der Waals surface area contributed by atoms with Crippen LogP contribution in [-0.2, 0) is 6.18 Å². The number of amides is 1. The van der Waals surface area contributed by atoms with Crippen LogP contribution in [0.1, 0.15) is 45.9 Å². The van der Waals surface area contributed by atoms with Crippen molar-refractivity contribution < 1.29 is 22.5 Å². The summed E-state index contributed by atoms with van der Waals surface area (Å²) in [7, 11) is 0. The molecule has 1 amide bonds. The Balaban J connectivity index is 2.19. The van der Waals surface area contributed by atoms with Crippen molar-refractivity contribution >= 4 is 5.91 Å². The molecule has 0 saturated carbocycles. The molecule has 1 aromatic carbocycles. The van der Waals surface area contributed by atoms with Gasteiger partial charge in [0.15, 0.2) is 0 Å². The maximum Gasteiger partial charge on any atom is 0.416 e. The summed E-state index contributed by atoms with van der Waals surface area (Å²) in [5.41, 5.74) is 0.364. The number of carbonyl (C=O) groups is 1. The molecule has 0 aliphatic rings. The summed E-state index contributed by atoms with van der Waals surface area (Å²) in [5.74, 6) is -0.0626. The van der Waals surface area contributed by atoms with Gasteiger partial charge in [-0.3, -0.25) is 4.79 Å². The van der Waals surface area contributed by atoms with Gasteiger partial charge in [0.1, 0.15) is 11.3 Å². The number of aromatic nitrogens is 1. The van der Waals surface area contributed by atoms with Gasteiger partial charge in [-0.1, -0.05) is 17.3 Å². The van der Waals surface area contributed by atoms with Gasteiger partial charge in [0.05, 0.1) is 17.3 Å². The Labute approximate surface area is 125 Å². The van der Waals surface area contributed by atoms with E-state index in [1.807, 2.05) is 0 Å². The summed E-state index contributed by atoms with van der Waals surface area (Å²) < 4.78 is 43.1. The SMILES string of the molecule is Cc1noc(C)c1C(=O)NC(C)c1cccc(C(F)(F)F)c1. The summed E-state index contributed by atoms with van der Waals surface area (Å²) in [4.78, 5) is 12.2. The van der Waals surface area contributed by atoms with Gasteiger partial charge in [-0.15, -0.1) is 0 Å². The molecule has 1 aromatic heterocycles. The monoisotopic (exact) mass is 312 g/mol. The average Bonchev–Trinajstić information content (AvgIpc) is 2.77. The topological polar surface area (TPSA) is 55.1 Å². The Bertz CT molecular complexity index is 673. The van der Waals surface area contributed by atoms with Crippen LogP contribution in [0.2, 0.25) is 0 Å². The van der Waals surface area contributed by atoms with Crippen molar-refractivity contribution in [3.05, 3.63) is 52.4 Å². The maximum absolute atomic E-state index is 12.7. The molecule has 1 unspecified atom stereocenters. The van der Waals surface area contributed by atoms with E-state index < -0.39 is 23.7 Å². The number of aryl methyl sites for hydroxylation is 2. The number of halogens is 3. The van der Waals surface area contributed by atoms with Crippen molar-refractivity contribution in [2.24, 2.45) is 0 Å². The molecule has 0 spiro atoms. The smallest absolute Gasteiger partial charge is 0.361 e. The van der Waals surface area contributed by atoms with Crippen LogP contribution in [0.5, 0.6) is 0 Å². The Kier molecular flexibility index (Phi) is 4.25. The lowest BCUT2D eigenvalue weighted by Gasteiger charge is -2.16. The lowest BCUT2D eigenvalue weighted by Crippen LogP contribution is -2.27. The van der Waals surface area contributed by atoms with E-state index in [1.54, 1.807) is 20.8 Å². The Morgan fingerprint density at radius 2 is 2.00 bits per heavy atom. The highest BCUT2D eigenvalue weighted by molar-refractivity contribution is 5.96. The number of hydrogen-bond acceptors (Lipinski definition) is 3.